The molecule has 3 saturated carbocycles. The summed E-state index contributed by atoms with van der Waals surface area (Å²) in [5.41, 5.74) is 0. The van der Waals surface area contributed by atoms with Gasteiger partial charge in [-0.25, -0.2) is 0 Å². The van der Waals surface area contributed by atoms with Crippen LogP contribution in [0.2, 0.25) is 0 Å². The van der Waals surface area contributed by atoms with Gasteiger partial charge in [0.1, 0.15) is 0 Å². The molecular weight excluding hydrogens is 184 g/mol. The van der Waals surface area contributed by atoms with Gasteiger partial charge in [-0.15, -0.1) is 0 Å². The van der Waals surface area contributed by atoms with Crippen LogP contribution in [-0.2, 0) is 0 Å². The average molecular weight is 200 g/mol. The second kappa shape index (κ2) is 2.20. The van der Waals surface area contributed by atoms with Crippen molar-refractivity contribution in [2.45, 2.75) is 48.0 Å². The van der Waals surface area contributed by atoms with Crippen molar-refractivity contribution in [3.8, 4) is 0 Å². The molecular formula is C10H16S2. The predicted molar refractivity (Wildman–Crippen MR) is 58.1 cm³/mol. The van der Waals surface area contributed by atoms with Gasteiger partial charge in [0.25, 0.3) is 0 Å². The SMILES string of the molecule is SC12CCC(C1)C1CCCC12S. The van der Waals surface area contributed by atoms with Gasteiger partial charge < -0.3 is 0 Å². The van der Waals surface area contributed by atoms with E-state index in [1.807, 2.05) is 0 Å². The lowest BCUT2D eigenvalue weighted by molar-refractivity contribution is 0.310. The van der Waals surface area contributed by atoms with Crippen LogP contribution in [0.15, 0.2) is 0 Å². The molecule has 0 radical (unpaired) electrons. The van der Waals surface area contributed by atoms with Gasteiger partial charge in [-0.05, 0) is 43.9 Å². The highest BCUT2D eigenvalue weighted by molar-refractivity contribution is 7.86. The summed E-state index contributed by atoms with van der Waals surface area (Å²) in [5.74, 6) is 1.88. The van der Waals surface area contributed by atoms with Gasteiger partial charge in [-0.1, -0.05) is 6.42 Å². The first-order chi connectivity index (χ1) is 5.66. The van der Waals surface area contributed by atoms with Crippen LogP contribution < -0.4 is 0 Å². The molecule has 0 heterocycles. The van der Waals surface area contributed by atoms with Gasteiger partial charge in [0.05, 0.1) is 0 Å². The molecule has 2 bridgehead atoms. The largest absolute Gasteiger partial charge is 0.171 e. The van der Waals surface area contributed by atoms with E-state index in [9.17, 15) is 0 Å². The maximum atomic E-state index is 4.95. The standard InChI is InChI=1S/C10H16S2/c11-9-5-3-7(6-9)8-2-1-4-10(8,9)12/h7-8,11-12H,1-6H2. The Morgan fingerprint density at radius 2 is 1.92 bits per heavy atom. The fraction of sp³-hybridized carbons (Fsp3) is 1.00. The number of rotatable bonds is 0. The lowest BCUT2D eigenvalue weighted by Gasteiger charge is -2.41. The fourth-order valence-corrected chi connectivity index (χ4v) is 5.36. The van der Waals surface area contributed by atoms with Crippen molar-refractivity contribution < 1.29 is 0 Å². The molecule has 3 aliphatic rings. The normalized spacial score (nSPS) is 62.5. The molecule has 0 aliphatic heterocycles. The first-order valence-electron chi connectivity index (χ1n) is 5.10. The van der Waals surface area contributed by atoms with Crippen LogP contribution >= 0.6 is 25.3 Å². The Bertz CT molecular complexity index is 228. The molecule has 0 N–H and O–H groups in total. The maximum Gasteiger partial charge on any atom is 0.0304 e. The van der Waals surface area contributed by atoms with E-state index in [1.54, 1.807) is 0 Å². The van der Waals surface area contributed by atoms with Crippen LogP contribution in [0.1, 0.15) is 38.5 Å². The minimum absolute atomic E-state index is 0.307. The van der Waals surface area contributed by atoms with Crippen LogP contribution in [-0.4, -0.2) is 9.49 Å². The topological polar surface area (TPSA) is 0 Å². The first kappa shape index (κ1) is 8.05. The summed E-state index contributed by atoms with van der Waals surface area (Å²) < 4.78 is 0.626. The number of hydrogen-bond acceptors (Lipinski definition) is 2. The quantitative estimate of drug-likeness (QED) is 0.552. The van der Waals surface area contributed by atoms with Gasteiger partial charge in [-0.2, -0.15) is 25.3 Å². The molecule has 3 aliphatic carbocycles. The van der Waals surface area contributed by atoms with Crippen molar-refractivity contribution in [2.75, 3.05) is 0 Å². The van der Waals surface area contributed by atoms with Crippen molar-refractivity contribution in [3.63, 3.8) is 0 Å². The molecule has 0 saturated heterocycles. The van der Waals surface area contributed by atoms with Crippen LogP contribution in [0.25, 0.3) is 0 Å². The summed E-state index contributed by atoms with van der Waals surface area (Å²) in [6, 6.07) is 0. The van der Waals surface area contributed by atoms with Gasteiger partial charge in [0.2, 0.25) is 0 Å². The molecule has 4 atom stereocenters. The summed E-state index contributed by atoms with van der Waals surface area (Å²) in [6.45, 7) is 0. The zero-order valence-corrected chi connectivity index (χ0v) is 9.08. The molecule has 0 aromatic heterocycles. The summed E-state index contributed by atoms with van der Waals surface area (Å²) in [7, 11) is 0. The zero-order valence-electron chi connectivity index (χ0n) is 7.29. The van der Waals surface area contributed by atoms with E-state index in [2.05, 4.69) is 0 Å². The van der Waals surface area contributed by atoms with Gasteiger partial charge in [-0.3, -0.25) is 0 Å². The number of fused-ring (bicyclic) bond motifs is 5. The van der Waals surface area contributed by atoms with E-state index in [1.165, 1.54) is 38.5 Å². The van der Waals surface area contributed by atoms with E-state index in [4.69, 9.17) is 25.3 Å². The number of hydrogen-bond donors (Lipinski definition) is 2. The minimum atomic E-state index is 0.307. The molecule has 68 valence electrons. The van der Waals surface area contributed by atoms with Crippen LogP contribution in [0.5, 0.6) is 0 Å². The Hall–Kier alpha value is 0.700. The van der Waals surface area contributed by atoms with Crippen molar-refractivity contribution in [1.82, 2.24) is 0 Å². The molecule has 12 heavy (non-hydrogen) atoms. The second-order valence-electron chi connectivity index (χ2n) is 4.96. The van der Waals surface area contributed by atoms with E-state index in [0.29, 0.717) is 9.49 Å². The first-order valence-corrected chi connectivity index (χ1v) is 6.00. The van der Waals surface area contributed by atoms with Crippen molar-refractivity contribution in [2.24, 2.45) is 11.8 Å². The Balaban J connectivity index is 2.06. The molecule has 3 rings (SSSR count). The monoisotopic (exact) mass is 200 g/mol. The molecule has 0 spiro atoms. The Morgan fingerprint density at radius 3 is 2.67 bits per heavy atom. The van der Waals surface area contributed by atoms with Crippen LogP contribution in [0.4, 0.5) is 0 Å². The van der Waals surface area contributed by atoms with Gasteiger partial charge in [0, 0.05) is 9.49 Å². The van der Waals surface area contributed by atoms with E-state index >= 15 is 0 Å². The highest BCUT2D eigenvalue weighted by Gasteiger charge is 2.65. The van der Waals surface area contributed by atoms with E-state index in [-0.39, 0.29) is 0 Å². The highest BCUT2D eigenvalue weighted by Crippen LogP contribution is 2.68. The van der Waals surface area contributed by atoms with Crippen molar-refractivity contribution in [1.29, 1.82) is 0 Å². The molecule has 2 heteroatoms. The third-order valence-corrected chi connectivity index (χ3v) is 6.55. The van der Waals surface area contributed by atoms with Gasteiger partial charge in [0.15, 0.2) is 0 Å². The Kier molecular flexibility index (Phi) is 1.47. The third kappa shape index (κ3) is 0.708. The molecule has 0 aromatic rings. The molecule has 3 fully saturated rings. The summed E-state index contributed by atoms with van der Waals surface area (Å²) >= 11 is 9.86. The van der Waals surface area contributed by atoms with E-state index in [0.717, 1.165) is 11.8 Å². The predicted octanol–water partition coefficient (Wildman–Crippen LogP) is 2.94. The van der Waals surface area contributed by atoms with E-state index < -0.39 is 0 Å². The highest BCUT2D eigenvalue weighted by atomic mass is 32.1. The molecule has 0 aromatic carbocycles. The zero-order chi connectivity index (χ0) is 8.40. The Morgan fingerprint density at radius 1 is 1.08 bits per heavy atom. The smallest absolute Gasteiger partial charge is 0.0304 e. The molecule has 0 amide bonds. The van der Waals surface area contributed by atoms with Gasteiger partial charge >= 0.3 is 0 Å². The Labute approximate surface area is 85.3 Å². The third-order valence-electron chi connectivity index (χ3n) is 4.59. The van der Waals surface area contributed by atoms with Crippen molar-refractivity contribution in [3.05, 3.63) is 0 Å². The van der Waals surface area contributed by atoms with Crippen LogP contribution in [0.3, 0.4) is 0 Å². The second-order valence-corrected chi connectivity index (χ2v) is 6.61. The fourth-order valence-electron chi connectivity index (χ4n) is 4.02. The van der Waals surface area contributed by atoms with Crippen molar-refractivity contribution >= 4 is 25.3 Å². The lowest BCUT2D eigenvalue weighted by Crippen LogP contribution is -2.44. The number of thiol groups is 2. The molecule has 4 unspecified atom stereocenters. The average Bonchev–Trinajstić information content (AvgIpc) is 2.58. The minimum Gasteiger partial charge on any atom is -0.171 e. The summed E-state index contributed by atoms with van der Waals surface area (Å²) in [4.78, 5) is 0. The maximum absolute atomic E-state index is 4.95. The molecule has 0 nitrogen and oxygen atoms in total. The lowest BCUT2D eigenvalue weighted by atomic mass is 9.80. The van der Waals surface area contributed by atoms with Crippen LogP contribution in [0, 0.1) is 11.8 Å². The summed E-state index contributed by atoms with van der Waals surface area (Å²) in [5, 5.41) is 0. The summed E-state index contributed by atoms with van der Waals surface area (Å²) in [6.07, 6.45) is 8.24.